The molecule has 0 saturated carbocycles. The predicted molar refractivity (Wildman–Crippen MR) is 234 cm³/mol. The molecule has 24 nitrogen and oxygen atoms in total. The lowest BCUT2D eigenvalue weighted by molar-refractivity contribution is -0.142. The fourth-order valence-corrected chi connectivity index (χ4v) is 6.23. The van der Waals surface area contributed by atoms with Crippen molar-refractivity contribution in [3.63, 3.8) is 0 Å². The fourth-order valence-electron chi connectivity index (χ4n) is 6.23. The van der Waals surface area contributed by atoms with Gasteiger partial charge in [0.05, 0.1) is 12.5 Å². The summed E-state index contributed by atoms with van der Waals surface area (Å²) in [6.07, 6.45) is -1.50. The minimum atomic E-state index is -1.59. The number of primary amides is 1. The molecule has 0 rings (SSSR count). The zero-order chi connectivity index (χ0) is 50.1. The van der Waals surface area contributed by atoms with Crippen molar-refractivity contribution in [2.45, 2.75) is 167 Å². The first-order valence-corrected chi connectivity index (χ1v) is 21.8. The third kappa shape index (κ3) is 24.1. The first-order valence-electron chi connectivity index (χ1n) is 21.8. The van der Waals surface area contributed by atoms with Gasteiger partial charge < -0.3 is 69.7 Å². The Morgan fingerprint density at radius 1 is 0.508 bits per heavy atom. The van der Waals surface area contributed by atoms with Crippen LogP contribution in [0.1, 0.15) is 119 Å². The summed E-state index contributed by atoms with van der Waals surface area (Å²) >= 11 is 0. The molecule has 0 aliphatic heterocycles. The highest BCUT2D eigenvalue weighted by molar-refractivity contribution is 5.98. The highest BCUT2D eigenvalue weighted by Gasteiger charge is 2.35. The Balaban J connectivity index is 6.68. The third-order valence-corrected chi connectivity index (χ3v) is 10.1. The summed E-state index contributed by atoms with van der Waals surface area (Å²) in [6, 6.07) is -11.2. The largest absolute Gasteiger partial charge is 0.481 e. The fraction of sp³-hybridized carbons (Fsp3) is 0.732. The van der Waals surface area contributed by atoms with Crippen molar-refractivity contribution in [1.29, 1.82) is 0 Å². The van der Waals surface area contributed by atoms with Crippen molar-refractivity contribution < 1.29 is 68.1 Å². The van der Waals surface area contributed by atoms with E-state index in [1.165, 1.54) is 6.92 Å². The van der Waals surface area contributed by atoms with Crippen LogP contribution >= 0.6 is 0 Å². The molecule has 9 atom stereocenters. The Hall–Kier alpha value is -5.91. The van der Waals surface area contributed by atoms with Gasteiger partial charge in [0.15, 0.2) is 0 Å². The average molecular weight is 929 g/mol. The van der Waals surface area contributed by atoms with Crippen molar-refractivity contribution in [3.8, 4) is 0 Å². The Morgan fingerprint density at radius 3 is 1.32 bits per heavy atom. The first-order chi connectivity index (χ1) is 30.2. The molecule has 370 valence electrons. The first kappa shape index (κ1) is 59.1. The van der Waals surface area contributed by atoms with E-state index in [2.05, 4.69) is 37.2 Å². The van der Waals surface area contributed by atoms with Crippen molar-refractivity contribution in [3.05, 3.63) is 0 Å². The van der Waals surface area contributed by atoms with Gasteiger partial charge in [-0.05, 0) is 76.2 Å². The molecule has 0 aromatic rings. The predicted octanol–water partition coefficient (Wildman–Crippen LogP) is -2.32. The number of carbonyl (C=O) groups excluding carboxylic acids is 8. The van der Waals surface area contributed by atoms with E-state index in [1.54, 1.807) is 41.5 Å². The van der Waals surface area contributed by atoms with E-state index in [0.29, 0.717) is 19.3 Å². The molecule has 16 N–H and O–H groups in total. The summed E-state index contributed by atoms with van der Waals surface area (Å²) in [5.74, 6) is -12.2. The van der Waals surface area contributed by atoms with Crippen LogP contribution in [0.15, 0.2) is 0 Å². The zero-order valence-corrected chi connectivity index (χ0v) is 38.4. The number of hydrogen-bond donors (Lipinski definition) is 13. The third-order valence-electron chi connectivity index (χ3n) is 10.1. The van der Waals surface area contributed by atoms with Gasteiger partial charge in [0.2, 0.25) is 47.3 Å². The van der Waals surface area contributed by atoms with E-state index >= 15 is 0 Å². The van der Waals surface area contributed by atoms with Crippen LogP contribution in [0, 0.1) is 17.8 Å². The number of carboxylic acid groups (broad SMARTS) is 3. The Kier molecular flexibility index (Phi) is 27.5. The second kappa shape index (κ2) is 30.3. The van der Waals surface area contributed by atoms with Crippen LogP contribution in [0.2, 0.25) is 0 Å². The van der Waals surface area contributed by atoms with Gasteiger partial charge in [0, 0.05) is 12.8 Å². The quantitative estimate of drug-likeness (QED) is 0.0307. The molecule has 0 aliphatic rings. The molecule has 9 unspecified atom stereocenters. The van der Waals surface area contributed by atoms with Gasteiger partial charge in [-0.2, -0.15) is 0 Å². The molecule has 0 heterocycles. The van der Waals surface area contributed by atoms with Gasteiger partial charge in [-0.1, -0.05) is 48.0 Å². The molecule has 0 aromatic carbocycles. The maximum absolute atomic E-state index is 14.0. The molecule has 0 radical (unpaired) electrons. The van der Waals surface area contributed by atoms with Crippen molar-refractivity contribution in [1.82, 2.24) is 37.2 Å². The summed E-state index contributed by atoms with van der Waals surface area (Å²) in [4.78, 5) is 141. The molecule has 0 aromatic heterocycles. The van der Waals surface area contributed by atoms with Gasteiger partial charge in [-0.25, -0.2) is 0 Å². The summed E-state index contributed by atoms with van der Waals surface area (Å²) in [6.45, 7) is 11.8. The normalized spacial score (nSPS) is 15.3. The lowest BCUT2D eigenvalue weighted by atomic mass is 9.97. The van der Waals surface area contributed by atoms with Crippen molar-refractivity contribution in [2.24, 2.45) is 35.0 Å². The van der Waals surface area contributed by atoms with Crippen molar-refractivity contribution >= 4 is 65.2 Å². The summed E-state index contributed by atoms with van der Waals surface area (Å²) in [7, 11) is 0. The number of carbonyl (C=O) groups is 11. The average Bonchev–Trinajstić information content (AvgIpc) is 3.20. The van der Waals surface area contributed by atoms with Crippen LogP contribution in [0.4, 0.5) is 0 Å². The summed E-state index contributed by atoms with van der Waals surface area (Å²) < 4.78 is 0. The summed E-state index contributed by atoms with van der Waals surface area (Å²) in [5.41, 5.74) is 16.7. The SMILES string of the molecule is CCC(C)C(NC(=O)C(CCCCN)NC(=O)C(CCC(N)=O)NC(=O)C(CC(C)C)NC(=O)C(CCC(=O)O)NC(=O)C(CC(C)C)NC(=O)C(N)CC(=O)O)C(=O)NC(C)C(=O)O. The molecule has 8 amide bonds. The van der Waals surface area contributed by atoms with Gasteiger partial charge in [0.1, 0.15) is 42.3 Å². The molecular formula is C41H72N10O14. The molecule has 24 heteroatoms. The standard InChI is InChI=1S/C41H72N10O14/c1-8-22(6)33(40(63)45-23(7)41(64)65)51-37(60)25(11-9-10-16-42)46-35(58)26(12-14-30(44)52)47-39(62)29(18-21(4)5)50-36(59)27(13-15-31(53)54)48-38(61)28(17-20(2)3)49-34(57)24(43)19-32(55)56/h20-29,33H,8-19,42-43H2,1-7H3,(H2,44,52)(H,45,63)(H,46,58)(H,47,62)(H,48,61)(H,49,57)(H,50,59)(H,51,60)(H,53,54)(H,55,56)(H,64,65). The Bertz CT molecular complexity index is 1660. The van der Waals surface area contributed by atoms with Crippen molar-refractivity contribution in [2.75, 3.05) is 6.54 Å². The maximum atomic E-state index is 14.0. The van der Waals surface area contributed by atoms with E-state index in [0.717, 1.165) is 0 Å². The lowest BCUT2D eigenvalue weighted by Gasteiger charge is -2.29. The zero-order valence-electron chi connectivity index (χ0n) is 38.4. The number of amides is 8. The minimum absolute atomic E-state index is 0.00709. The highest BCUT2D eigenvalue weighted by Crippen LogP contribution is 2.13. The monoisotopic (exact) mass is 929 g/mol. The number of carboxylic acids is 3. The highest BCUT2D eigenvalue weighted by atomic mass is 16.4. The smallest absolute Gasteiger partial charge is 0.325 e. The molecular weight excluding hydrogens is 857 g/mol. The van der Waals surface area contributed by atoms with Crippen LogP contribution < -0.4 is 54.4 Å². The number of rotatable bonds is 33. The number of aliphatic carboxylic acids is 3. The van der Waals surface area contributed by atoms with Gasteiger partial charge >= 0.3 is 17.9 Å². The van der Waals surface area contributed by atoms with Crippen LogP contribution in [0.3, 0.4) is 0 Å². The number of unbranched alkanes of at least 4 members (excludes halogenated alkanes) is 1. The molecule has 0 fully saturated rings. The van der Waals surface area contributed by atoms with E-state index in [4.69, 9.17) is 22.3 Å². The topological polar surface area (TPSA) is 411 Å². The van der Waals surface area contributed by atoms with Gasteiger partial charge in [-0.15, -0.1) is 0 Å². The van der Waals surface area contributed by atoms with Crippen LogP contribution in [-0.2, 0) is 52.7 Å². The molecule has 0 bridgehead atoms. The van der Waals surface area contributed by atoms with Crippen LogP contribution in [-0.4, -0.2) is 135 Å². The Labute approximate surface area is 378 Å². The molecule has 0 aliphatic carbocycles. The minimum Gasteiger partial charge on any atom is -0.481 e. The molecule has 0 spiro atoms. The second-order valence-corrected chi connectivity index (χ2v) is 16.9. The van der Waals surface area contributed by atoms with Crippen LogP contribution in [0.5, 0.6) is 0 Å². The van der Waals surface area contributed by atoms with Gasteiger partial charge in [0.25, 0.3) is 0 Å². The summed E-state index contributed by atoms with van der Waals surface area (Å²) in [5, 5.41) is 45.1. The molecule has 65 heavy (non-hydrogen) atoms. The van der Waals surface area contributed by atoms with E-state index in [9.17, 15) is 63.0 Å². The number of nitrogens with two attached hydrogens (primary N) is 3. The number of hydrogen-bond acceptors (Lipinski definition) is 13. The maximum Gasteiger partial charge on any atom is 0.325 e. The van der Waals surface area contributed by atoms with Crippen LogP contribution in [0.25, 0.3) is 0 Å². The van der Waals surface area contributed by atoms with Gasteiger partial charge in [-0.3, -0.25) is 52.7 Å². The lowest BCUT2D eigenvalue weighted by Crippen LogP contribution is -2.60. The van der Waals surface area contributed by atoms with E-state index in [-0.39, 0.29) is 44.1 Å². The molecule has 0 saturated heterocycles. The van der Waals surface area contributed by atoms with E-state index < -0.39 is 145 Å². The van der Waals surface area contributed by atoms with E-state index in [1.807, 2.05) is 0 Å². The Morgan fingerprint density at radius 2 is 0.923 bits per heavy atom. The number of nitrogens with one attached hydrogen (secondary N) is 7. The second-order valence-electron chi connectivity index (χ2n) is 16.9.